The summed E-state index contributed by atoms with van der Waals surface area (Å²) in [4.78, 5) is 21.6. The fourth-order valence-corrected chi connectivity index (χ4v) is 1.46. The number of terminal acetylenes is 1. The highest BCUT2D eigenvalue weighted by molar-refractivity contribution is 5.89. The number of nitrogens with one attached hydrogen (secondary N) is 2. The Morgan fingerprint density at radius 1 is 1.47 bits per heavy atom. The molecule has 0 radical (unpaired) electrons. The van der Waals surface area contributed by atoms with E-state index in [4.69, 9.17) is 6.42 Å². The molecular formula is C13H15N3O3. The van der Waals surface area contributed by atoms with E-state index in [0.29, 0.717) is 12.1 Å². The van der Waals surface area contributed by atoms with Crippen molar-refractivity contribution >= 4 is 17.4 Å². The van der Waals surface area contributed by atoms with E-state index >= 15 is 0 Å². The summed E-state index contributed by atoms with van der Waals surface area (Å²) in [6, 6.07) is 5.14. The molecule has 1 aromatic rings. The van der Waals surface area contributed by atoms with Crippen LogP contribution in [0.4, 0.5) is 16.2 Å². The van der Waals surface area contributed by atoms with Gasteiger partial charge in [-0.25, -0.2) is 4.79 Å². The number of benzene rings is 1. The molecule has 0 aliphatic rings. The van der Waals surface area contributed by atoms with Gasteiger partial charge in [-0.15, -0.1) is 12.3 Å². The molecule has 0 bridgehead atoms. The first-order valence-electron chi connectivity index (χ1n) is 5.82. The summed E-state index contributed by atoms with van der Waals surface area (Å²) >= 11 is 0. The van der Waals surface area contributed by atoms with Crippen molar-refractivity contribution in [1.82, 2.24) is 5.32 Å². The molecule has 19 heavy (non-hydrogen) atoms. The van der Waals surface area contributed by atoms with Gasteiger partial charge in [-0.2, -0.15) is 0 Å². The maximum absolute atomic E-state index is 11.7. The number of nitro benzene ring substituents is 1. The van der Waals surface area contributed by atoms with Crippen LogP contribution in [-0.2, 0) is 0 Å². The molecule has 1 atom stereocenters. The number of nitro groups is 1. The highest BCUT2D eigenvalue weighted by Crippen LogP contribution is 2.15. The lowest BCUT2D eigenvalue weighted by Crippen LogP contribution is -2.37. The minimum Gasteiger partial charge on any atom is -0.334 e. The zero-order valence-electron chi connectivity index (χ0n) is 10.6. The third kappa shape index (κ3) is 4.68. The molecule has 0 spiro atoms. The number of nitrogens with zero attached hydrogens (tertiary/aromatic N) is 1. The molecule has 2 N–H and O–H groups in total. The zero-order valence-corrected chi connectivity index (χ0v) is 10.6. The predicted molar refractivity (Wildman–Crippen MR) is 72.8 cm³/mol. The molecule has 1 rings (SSSR count). The number of rotatable bonds is 5. The van der Waals surface area contributed by atoms with Crippen LogP contribution >= 0.6 is 0 Å². The van der Waals surface area contributed by atoms with Crippen LogP contribution in [-0.4, -0.2) is 17.0 Å². The van der Waals surface area contributed by atoms with Gasteiger partial charge in [-0.1, -0.05) is 6.92 Å². The molecule has 1 aromatic carbocycles. The molecule has 0 saturated heterocycles. The van der Waals surface area contributed by atoms with E-state index in [2.05, 4.69) is 16.6 Å². The van der Waals surface area contributed by atoms with Gasteiger partial charge in [0.15, 0.2) is 0 Å². The van der Waals surface area contributed by atoms with Crippen molar-refractivity contribution in [3.05, 3.63) is 34.4 Å². The Kier molecular flexibility index (Phi) is 5.35. The second kappa shape index (κ2) is 7.01. The van der Waals surface area contributed by atoms with Crippen molar-refractivity contribution in [3.8, 4) is 12.3 Å². The Balaban J connectivity index is 2.57. The van der Waals surface area contributed by atoms with Crippen molar-refractivity contribution in [2.24, 2.45) is 0 Å². The van der Waals surface area contributed by atoms with Crippen LogP contribution in [0.15, 0.2) is 24.3 Å². The maximum Gasteiger partial charge on any atom is 0.319 e. The standard InChI is InChI=1S/C13H15N3O3/c1-3-5-10(4-2)14-13(17)15-11-6-8-12(9-7-11)16(18)19/h1,6-10H,4-5H2,2H3,(H2,14,15,17). The Labute approximate surface area is 111 Å². The Bertz CT molecular complexity index is 491. The van der Waals surface area contributed by atoms with E-state index in [9.17, 15) is 14.9 Å². The smallest absolute Gasteiger partial charge is 0.319 e. The van der Waals surface area contributed by atoms with Crippen LogP contribution in [0.25, 0.3) is 0 Å². The zero-order chi connectivity index (χ0) is 14.3. The van der Waals surface area contributed by atoms with Crippen molar-refractivity contribution in [3.63, 3.8) is 0 Å². The lowest BCUT2D eigenvalue weighted by atomic mass is 10.1. The van der Waals surface area contributed by atoms with Gasteiger partial charge in [0.1, 0.15) is 0 Å². The molecular weight excluding hydrogens is 246 g/mol. The number of urea groups is 1. The van der Waals surface area contributed by atoms with Gasteiger partial charge in [-0.05, 0) is 18.6 Å². The number of carbonyl (C=O) groups excluding carboxylic acids is 1. The third-order valence-corrected chi connectivity index (χ3v) is 2.53. The Hall–Kier alpha value is -2.55. The molecule has 0 heterocycles. The number of anilines is 1. The van der Waals surface area contributed by atoms with Crippen LogP contribution in [0.2, 0.25) is 0 Å². The van der Waals surface area contributed by atoms with Gasteiger partial charge in [-0.3, -0.25) is 10.1 Å². The molecule has 0 aliphatic carbocycles. The lowest BCUT2D eigenvalue weighted by molar-refractivity contribution is -0.384. The number of non-ortho nitro benzene ring substituents is 1. The first-order valence-corrected chi connectivity index (χ1v) is 5.82. The van der Waals surface area contributed by atoms with Crippen LogP contribution < -0.4 is 10.6 Å². The van der Waals surface area contributed by atoms with E-state index in [1.54, 1.807) is 0 Å². The highest BCUT2D eigenvalue weighted by atomic mass is 16.6. The van der Waals surface area contributed by atoms with E-state index in [1.807, 2.05) is 6.92 Å². The minimum absolute atomic E-state index is 0.0234. The van der Waals surface area contributed by atoms with Crippen molar-refractivity contribution in [2.75, 3.05) is 5.32 Å². The van der Waals surface area contributed by atoms with Gasteiger partial charge < -0.3 is 10.6 Å². The predicted octanol–water partition coefficient (Wildman–Crippen LogP) is 2.52. The van der Waals surface area contributed by atoms with Crippen molar-refractivity contribution in [1.29, 1.82) is 0 Å². The molecule has 6 heteroatoms. The number of amides is 2. The number of carbonyl (C=O) groups is 1. The topological polar surface area (TPSA) is 84.3 Å². The summed E-state index contributed by atoms with van der Waals surface area (Å²) in [5, 5.41) is 15.8. The summed E-state index contributed by atoms with van der Waals surface area (Å²) in [5.74, 6) is 2.49. The lowest BCUT2D eigenvalue weighted by Gasteiger charge is -2.14. The van der Waals surface area contributed by atoms with Crippen LogP contribution in [0.3, 0.4) is 0 Å². The van der Waals surface area contributed by atoms with Gasteiger partial charge >= 0.3 is 6.03 Å². The van der Waals surface area contributed by atoms with E-state index < -0.39 is 4.92 Å². The summed E-state index contributed by atoms with van der Waals surface area (Å²) in [6.45, 7) is 1.92. The molecule has 0 fully saturated rings. The number of hydrogen-bond acceptors (Lipinski definition) is 3. The van der Waals surface area contributed by atoms with E-state index in [-0.39, 0.29) is 17.8 Å². The Morgan fingerprint density at radius 3 is 2.58 bits per heavy atom. The second-order valence-electron chi connectivity index (χ2n) is 3.92. The molecule has 0 saturated carbocycles. The van der Waals surface area contributed by atoms with Crippen molar-refractivity contribution < 1.29 is 9.72 Å². The van der Waals surface area contributed by atoms with Crippen LogP contribution in [0.1, 0.15) is 19.8 Å². The molecule has 6 nitrogen and oxygen atoms in total. The largest absolute Gasteiger partial charge is 0.334 e. The highest BCUT2D eigenvalue weighted by Gasteiger charge is 2.10. The summed E-state index contributed by atoms with van der Waals surface area (Å²) < 4.78 is 0. The maximum atomic E-state index is 11.7. The average molecular weight is 261 g/mol. The monoisotopic (exact) mass is 261 g/mol. The molecule has 0 aliphatic heterocycles. The van der Waals surface area contributed by atoms with Gasteiger partial charge in [0.25, 0.3) is 5.69 Å². The first-order chi connectivity index (χ1) is 9.06. The van der Waals surface area contributed by atoms with Crippen molar-refractivity contribution in [2.45, 2.75) is 25.8 Å². The average Bonchev–Trinajstić information content (AvgIpc) is 2.38. The second-order valence-corrected chi connectivity index (χ2v) is 3.92. The van der Waals surface area contributed by atoms with Gasteiger partial charge in [0, 0.05) is 30.3 Å². The van der Waals surface area contributed by atoms with Gasteiger partial charge in [0.2, 0.25) is 0 Å². The SMILES string of the molecule is C#CCC(CC)NC(=O)Nc1ccc([N+](=O)[O-])cc1. The summed E-state index contributed by atoms with van der Waals surface area (Å²) in [5.41, 5.74) is 0.461. The fourth-order valence-electron chi connectivity index (χ4n) is 1.46. The van der Waals surface area contributed by atoms with E-state index in [1.165, 1.54) is 24.3 Å². The summed E-state index contributed by atoms with van der Waals surface area (Å²) in [6.07, 6.45) is 6.39. The van der Waals surface area contributed by atoms with E-state index in [0.717, 1.165) is 6.42 Å². The normalized spacial score (nSPS) is 11.2. The molecule has 100 valence electrons. The molecule has 0 aromatic heterocycles. The van der Waals surface area contributed by atoms with Gasteiger partial charge in [0.05, 0.1) is 4.92 Å². The molecule has 2 amide bonds. The summed E-state index contributed by atoms with van der Waals surface area (Å²) in [7, 11) is 0. The first kappa shape index (κ1) is 14.5. The Morgan fingerprint density at radius 2 is 2.11 bits per heavy atom. The number of hydrogen-bond donors (Lipinski definition) is 2. The fraction of sp³-hybridized carbons (Fsp3) is 0.308. The van der Waals surface area contributed by atoms with Crippen LogP contribution in [0.5, 0.6) is 0 Å². The quantitative estimate of drug-likeness (QED) is 0.485. The third-order valence-electron chi connectivity index (χ3n) is 2.53. The minimum atomic E-state index is -0.496. The molecule has 1 unspecified atom stereocenters. The van der Waals surface area contributed by atoms with Crippen LogP contribution in [0, 0.1) is 22.5 Å².